The lowest BCUT2D eigenvalue weighted by atomic mass is 10.2. The van der Waals surface area contributed by atoms with E-state index in [0.717, 1.165) is 20.8 Å². The molecule has 0 atom stereocenters. The van der Waals surface area contributed by atoms with Crippen molar-refractivity contribution in [3.8, 4) is 0 Å². The van der Waals surface area contributed by atoms with Gasteiger partial charge in [0.05, 0.1) is 4.90 Å². The minimum absolute atomic E-state index is 0.336. The normalized spacial score (nSPS) is 11.3. The van der Waals surface area contributed by atoms with Crippen LogP contribution >= 0.6 is 23.1 Å². The van der Waals surface area contributed by atoms with Gasteiger partial charge in [-0.2, -0.15) is 0 Å². The molecule has 1 N–H and O–H groups in total. The van der Waals surface area contributed by atoms with Crippen LogP contribution in [0, 0.1) is 0 Å². The molecule has 1 aromatic carbocycles. The first-order valence-electron chi connectivity index (χ1n) is 6.09. The summed E-state index contributed by atoms with van der Waals surface area (Å²) in [4.78, 5) is 0.336. The molecule has 0 aliphatic rings. The summed E-state index contributed by atoms with van der Waals surface area (Å²) in [6.45, 7) is 4.29. The average molecular weight is 341 g/mol. The second kappa shape index (κ2) is 7.06. The predicted octanol–water partition coefficient (Wildman–Crippen LogP) is 2.83. The molecule has 0 unspecified atom stereocenters. The molecule has 0 spiro atoms. The third-order valence-electron chi connectivity index (χ3n) is 2.52. The maximum atomic E-state index is 11.4. The molecule has 0 amide bonds. The van der Waals surface area contributed by atoms with Gasteiger partial charge in [-0.05, 0) is 17.7 Å². The van der Waals surface area contributed by atoms with E-state index in [1.54, 1.807) is 30.0 Å². The molecule has 0 saturated heterocycles. The Labute approximate surface area is 132 Å². The Morgan fingerprint density at radius 1 is 1.33 bits per heavy atom. The topological polar surface area (TPSA) is 72.0 Å². The Hall–Kier alpha value is -1.38. The summed E-state index contributed by atoms with van der Waals surface area (Å²) >= 11 is 3.06. The molecule has 0 aliphatic heterocycles. The fourth-order valence-electron chi connectivity index (χ4n) is 1.48. The fraction of sp³-hybridized carbons (Fsp3) is 0.231. The second-order valence-corrected chi connectivity index (χ2v) is 8.46. The number of anilines is 1. The molecule has 0 saturated carbocycles. The quantitative estimate of drug-likeness (QED) is 0.617. The van der Waals surface area contributed by atoms with E-state index < -0.39 is 9.84 Å². The number of benzene rings is 1. The summed E-state index contributed by atoms with van der Waals surface area (Å²) in [5, 5.41) is 12.0. The van der Waals surface area contributed by atoms with Gasteiger partial charge in [-0.1, -0.05) is 41.3 Å². The van der Waals surface area contributed by atoms with E-state index in [4.69, 9.17) is 0 Å². The maximum absolute atomic E-state index is 11.4. The third kappa shape index (κ3) is 4.83. The highest BCUT2D eigenvalue weighted by Gasteiger charge is 2.07. The van der Waals surface area contributed by atoms with Gasteiger partial charge in [0.1, 0.15) is 0 Å². The lowest BCUT2D eigenvalue weighted by Gasteiger charge is -2.01. The van der Waals surface area contributed by atoms with Crippen molar-refractivity contribution in [3.05, 3.63) is 42.5 Å². The molecule has 2 aromatic rings. The summed E-state index contributed by atoms with van der Waals surface area (Å²) in [5.41, 5.74) is 1.04. The Morgan fingerprint density at radius 3 is 2.67 bits per heavy atom. The number of hydrogen-bond acceptors (Lipinski definition) is 7. The highest BCUT2D eigenvalue weighted by atomic mass is 32.2. The van der Waals surface area contributed by atoms with Gasteiger partial charge >= 0.3 is 0 Å². The predicted molar refractivity (Wildman–Crippen MR) is 87.7 cm³/mol. The fourth-order valence-corrected chi connectivity index (χ4v) is 3.82. The van der Waals surface area contributed by atoms with Gasteiger partial charge in [-0.25, -0.2) is 8.42 Å². The first-order valence-corrected chi connectivity index (χ1v) is 9.78. The van der Waals surface area contributed by atoms with Crippen LogP contribution in [0.3, 0.4) is 0 Å². The Morgan fingerprint density at radius 2 is 2.05 bits per heavy atom. The molecule has 0 fully saturated rings. The first kappa shape index (κ1) is 16.0. The van der Waals surface area contributed by atoms with Crippen molar-refractivity contribution < 1.29 is 8.42 Å². The van der Waals surface area contributed by atoms with Gasteiger partial charge in [-0.3, -0.25) is 0 Å². The van der Waals surface area contributed by atoms with E-state index in [1.165, 1.54) is 17.6 Å². The molecule has 21 heavy (non-hydrogen) atoms. The summed E-state index contributed by atoms with van der Waals surface area (Å²) in [7, 11) is -3.14. The summed E-state index contributed by atoms with van der Waals surface area (Å²) in [6.07, 6.45) is 2.97. The SMILES string of the molecule is C=CCNc1nnc(SCc2ccc(S(C)(=O)=O)cc2)s1. The number of thioether (sulfide) groups is 1. The average Bonchev–Trinajstić information content (AvgIpc) is 2.90. The summed E-state index contributed by atoms with van der Waals surface area (Å²) < 4.78 is 23.6. The van der Waals surface area contributed by atoms with Gasteiger partial charge in [-0.15, -0.1) is 16.8 Å². The van der Waals surface area contributed by atoms with Crippen molar-refractivity contribution in [3.63, 3.8) is 0 Å². The third-order valence-corrected chi connectivity index (χ3v) is 5.73. The van der Waals surface area contributed by atoms with Crippen LogP contribution in [-0.4, -0.2) is 31.4 Å². The van der Waals surface area contributed by atoms with Crippen molar-refractivity contribution in [1.82, 2.24) is 10.2 Å². The maximum Gasteiger partial charge on any atom is 0.206 e. The number of nitrogens with one attached hydrogen (secondary N) is 1. The molecule has 0 aliphatic carbocycles. The molecule has 1 heterocycles. The molecule has 112 valence electrons. The largest absolute Gasteiger partial charge is 0.357 e. The van der Waals surface area contributed by atoms with E-state index in [0.29, 0.717) is 11.4 Å². The second-order valence-electron chi connectivity index (χ2n) is 4.25. The highest BCUT2D eigenvalue weighted by molar-refractivity contribution is 8.00. The van der Waals surface area contributed by atoms with Gasteiger partial charge in [0, 0.05) is 18.6 Å². The van der Waals surface area contributed by atoms with Gasteiger partial charge in [0.2, 0.25) is 5.13 Å². The molecule has 2 rings (SSSR count). The van der Waals surface area contributed by atoms with Crippen LogP contribution in [0.1, 0.15) is 5.56 Å². The van der Waals surface area contributed by atoms with Crippen molar-refractivity contribution in [2.24, 2.45) is 0 Å². The zero-order valence-corrected chi connectivity index (χ0v) is 13.9. The van der Waals surface area contributed by atoms with E-state index in [9.17, 15) is 8.42 Å². The van der Waals surface area contributed by atoms with Crippen molar-refractivity contribution in [2.75, 3.05) is 18.1 Å². The highest BCUT2D eigenvalue weighted by Crippen LogP contribution is 2.28. The number of nitrogens with zero attached hydrogens (tertiary/aromatic N) is 2. The van der Waals surface area contributed by atoms with Crippen molar-refractivity contribution in [1.29, 1.82) is 0 Å². The van der Waals surface area contributed by atoms with E-state index in [-0.39, 0.29) is 0 Å². The Kier molecular flexibility index (Phi) is 5.38. The van der Waals surface area contributed by atoms with Crippen LogP contribution in [0.4, 0.5) is 5.13 Å². The molecule has 5 nitrogen and oxygen atoms in total. The van der Waals surface area contributed by atoms with Crippen LogP contribution in [0.5, 0.6) is 0 Å². The van der Waals surface area contributed by atoms with Crippen LogP contribution in [0.25, 0.3) is 0 Å². The molecule has 0 radical (unpaired) electrons. The lowest BCUT2D eigenvalue weighted by molar-refractivity contribution is 0.602. The van der Waals surface area contributed by atoms with Crippen LogP contribution < -0.4 is 5.32 Å². The standard InChI is InChI=1S/C13H15N3O2S3/c1-3-8-14-12-15-16-13(20-12)19-9-10-4-6-11(7-5-10)21(2,17)18/h3-7H,1,8-9H2,2H3,(H,14,15). The van der Waals surface area contributed by atoms with Crippen molar-refractivity contribution in [2.45, 2.75) is 15.0 Å². The molecule has 0 bridgehead atoms. The zero-order valence-electron chi connectivity index (χ0n) is 11.4. The number of rotatable bonds is 7. The molecule has 8 heteroatoms. The minimum atomic E-state index is -3.14. The summed E-state index contributed by atoms with van der Waals surface area (Å²) in [5.74, 6) is 0.722. The van der Waals surface area contributed by atoms with E-state index in [1.807, 2.05) is 12.1 Å². The first-order chi connectivity index (χ1) is 9.99. The number of sulfone groups is 1. The van der Waals surface area contributed by atoms with Crippen LogP contribution in [0.15, 0.2) is 46.2 Å². The lowest BCUT2D eigenvalue weighted by Crippen LogP contribution is -1.96. The Balaban J connectivity index is 1.93. The van der Waals surface area contributed by atoms with Gasteiger partial charge in [0.25, 0.3) is 0 Å². The molecular formula is C13H15N3O2S3. The molecule has 1 aromatic heterocycles. The monoisotopic (exact) mass is 341 g/mol. The zero-order chi connectivity index (χ0) is 15.3. The number of hydrogen-bond donors (Lipinski definition) is 1. The molecular weight excluding hydrogens is 326 g/mol. The van der Waals surface area contributed by atoms with Crippen LogP contribution in [0.2, 0.25) is 0 Å². The van der Waals surface area contributed by atoms with E-state index >= 15 is 0 Å². The summed E-state index contributed by atoms with van der Waals surface area (Å²) in [6, 6.07) is 6.90. The van der Waals surface area contributed by atoms with Gasteiger partial charge < -0.3 is 5.32 Å². The smallest absolute Gasteiger partial charge is 0.206 e. The van der Waals surface area contributed by atoms with E-state index in [2.05, 4.69) is 22.1 Å². The Bertz CT molecular complexity index is 709. The number of aromatic nitrogens is 2. The van der Waals surface area contributed by atoms with Crippen LogP contribution in [-0.2, 0) is 15.6 Å². The minimum Gasteiger partial charge on any atom is -0.357 e. The van der Waals surface area contributed by atoms with Crippen molar-refractivity contribution >= 4 is 38.1 Å². The van der Waals surface area contributed by atoms with Gasteiger partial charge in [0.15, 0.2) is 14.2 Å².